The summed E-state index contributed by atoms with van der Waals surface area (Å²) in [4.78, 5) is 0. The van der Waals surface area contributed by atoms with E-state index in [1.807, 2.05) is 30.3 Å². The molecule has 0 unspecified atom stereocenters. The zero-order valence-electron chi connectivity index (χ0n) is 15.7. The molecule has 0 fully saturated rings. The van der Waals surface area contributed by atoms with Crippen molar-refractivity contribution in [3.05, 3.63) is 119 Å². The fraction of sp³-hybridized carbons (Fsp3) is 0.0400. The second kappa shape index (κ2) is 8.07. The van der Waals surface area contributed by atoms with Gasteiger partial charge in [-0.05, 0) is 0 Å². The third-order valence-electron chi connectivity index (χ3n) is 5.40. The summed E-state index contributed by atoms with van der Waals surface area (Å²) in [5.41, 5.74) is 0.916. The Balaban J connectivity index is 2.09. The average molecular weight is 528 g/mol. The Kier molecular flexibility index (Phi) is 5.66. The molecule has 146 valence electrons. The van der Waals surface area contributed by atoms with Crippen LogP contribution in [0.5, 0.6) is 5.75 Å². The first-order valence-electron chi connectivity index (χ1n) is 9.39. The molecular formula is C25H21Br2OP. The molecule has 0 saturated carbocycles. The van der Waals surface area contributed by atoms with Gasteiger partial charge in [0, 0.05) is 0 Å². The number of hydrogen-bond donors (Lipinski definition) is 1. The van der Waals surface area contributed by atoms with Gasteiger partial charge in [-0.15, -0.1) is 0 Å². The number of phenolic OH excluding ortho intramolecular Hbond substituents is 1. The van der Waals surface area contributed by atoms with Crippen LogP contribution in [0.2, 0.25) is 0 Å². The second-order valence-electron chi connectivity index (χ2n) is 7.12. The van der Waals surface area contributed by atoms with E-state index in [0.29, 0.717) is 11.9 Å². The summed E-state index contributed by atoms with van der Waals surface area (Å²) in [5, 5.41) is 11.4. The Morgan fingerprint density at radius 3 is 1.41 bits per heavy atom. The van der Waals surface area contributed by atoms with Crippen molar-refractivity contribution in [1.29, 1.82) is 0 Å². The molecule has 4 aromatic carbocycles. The molecule has 4 aromatic rings. The van der Waals surface area contributed by atoms with Crippen molar-refractivity contribution in [3.63, 3.8) is 0 Å². The van der Waals surface area contributed by atoms with Gasteiger partial charge in [0.2, 0.25) is 0 Å². The maximum absolute atomic E-state index is 10.8. The number of hydrogen-bond acceptors (Lipinski definition) is 1. The van der Waals surface area contributed by atoms with E-state index in [4.69, 9.17) is 0 Å². The molecule has 4 heteroatoms. The molecule has 4 rings (SSSR count). The summed E-state index contributed by atoms with van der Waals surface area (Å²) in [6, 6.07) is 37.6. The molecule has 0 atom stereocenters. The Morgan fingerprint density at radius 2 is 1.03 bits per heavy atom. The van der Waals surface area contributed by atoms with Gasteiger partial charge in [-0.1, -0.05) is 0 Å². The number of phenols is 1. The van der Waals surface area contributed by atoms with Gasteiger partial charge in [0.15, 0.2) is 0 Å². The molecule has 0 saturated heterocycles. The van der Waals surface area contributed by atoms with Crippen LogP contribution in [-0.4, -0.2) is 5.11 Å². The molecule has 0 bridgehead atoms. The Labute approximate surface area is 188 Å². The minimum atomic E-state index is -3.09. The Hall–Kier alpha value is -1.93. The van der Waals surface area contributed by atoms with Gasteiger partial charge in [0.25, 0.3) is 0 Å². The fourth-order valence-corrected chi connectivity index (χ4v) is 11.9. The molecular weight excluding hydrogens is 507 g/mol. The molecule has 0 aromatic heterocycles. The van der Waals surface area contributed by atoms with Gasteiger partial charge in [0.1, 0.15) is 0 Å². The van der Waals surface area contributed by atoms with E-state index in [1.165, 1.54) is 15.9 Å². The van der Waals surface area contributed by atoms with E-state index < -0.39 is 5.31 Å². The molecule has 0 aliphatic heterocycles. The van der Waals surface area contributed by atoms with E-state index in [-0.39, 0.29) is 0 Å². The summed E-state index contributed by atoms with van der Waals surface area (Å²) >= 11 is 7.88. The first-order chi connectivity index (χ1) is 14.0. The monoisotopic (exact) mass is 526 g/mol. The summed E-state index contributed by atoms with van der Waals surface area (Å²) in [5.74, 6) is 0.301. The van der Waals surface area contributed by atoms with Gasteiger partial charge in [-0.25, -0.2) is 0 Å². The van der Waals surface area contributed by atoms with Crippen LogP contribution in [0.15, 0.2) is 114 Å². The topological polar surface area (TPSA) is 20.2 Å². The zero-order valence-corrected chi connectivity index (χ0v) is 19.8. The predicted molar refractivity (Wildman–Crippen MR) is 134 cm³/mol. The van der Waals surface area contributed by atoms with Crippen molar-refractivity contribution in [3.8, 4) is 5.75 Å². The quantitative estimate of drug-likeness (QED) is 0.294. The normalized spacial score (nSPS) is 12.8. The van der Waals surface area contributed by atoms with E-state index in [0.717, 1.165) is 10.0 Å². The zero-order chi connectivity index (χ0) is 20.3. The van der Waals surface area contributed by atoms with Crippen LogP contribution in [0, 0.1) is 0 Å². The van der Waals surface area contributed by atoms with Crippen molar-refractivity contribution in [2.45, 2.75) is 6.16 Å². The summed E-state index contributed by atoms with van der Waals surface area (Å²) in [6.07, 6.45) is 0.669. The van der Waals surface area contributed by atoms with Crippen molar-refractivity contribution in [2.24, 2.45) is 0 Å². The first-order valence-corrected chi connectivity index (χ1v) is 14.6. The number of rotatable bonds is 5. The van der Waals surface area contributed by atoms with E-state index in [2.05, 4.69) is 104 Å². The van der Waals surface area contributed by atoms with Crippen molar-refractivity contribution in [2.75, 3.05) is 0 Å². The van der Waals surface area contributed by atoms with Crippen LogP contribution in [0.25, 0.3) is 0 Å². The number of aromatic hydroxyl groups is 1. The SMILES string of the molecule is Oc1cc(Br)ccc1CP(Br)(c1ccccc1)(c1ccccc1)c1ccccc1. The van der Waals surface area contributed by atoms with E-state index >= 15 is 0 Å². The van der Waals surface area contributed by atoms with Crippen LogP contribution < -0.4 is 15.9 Å². The molecule has 1 N–H and O–H groups in total. The van der Waals surface area contributed by atoms with Crippen LogP contribution in [0.1, 0.15) is 5.56 Å². The molecule has 0 aliphatic carbocycles. The Bertz CT molecular complexity index is 1020. The van der Waals surface area contributed by atoms with Gasteiger partial charge in [-0.3, -0.25) is 0 Å². The fourth-order valence-electron chi connectivity index (χ4n) is 3.93. The first kappa shape index (κ1) is 20.3. The average Bonchev–Trinajstić information content (AvgIpc) is 2.78. The molecule has 29 heavy (non-hydrogen) atoms. The third kappa shape index (κ3) is 3.57. The second-order valence-corrected chi connectivity index (χ2v) is 17.0. The molecule has 0 spiro atoms. The summed E-state index contributed by atoms with van der Waals surface area (Å²) in [6.45, 7) is 0. The van der Waals surface area contributed by atoms with Crippen LogP contribution in [0.3, 0.4) is 0 Å². The van der Waals surface area contributed by atoms with Gasteiger partial charge in [0.05, 0.1) is 0 Å². The van der Waals surface area contributed by atoms with E-state index in [1.54, 1.807) is 6.07 Å². The van der Waals surface area contributed by atoms with Gasteiger partial charge < -0.3 is 0 Å². The van der Waals surface area contributed by atoms with Gasteiger partial charge >= 0.3 is 189 Å². The van der Waals surface area contributed by atoms with Crippen molar-refractivity contribution < 1.29 is 5.11 Å². The maximum atomic E-state index is 10.8. The standard InChI is InChI=1S/C25H21Br2OP/c26-21-17-16-20(25(28)18-21)19-29(27,22-10-4-1-5-11-22,23-12-6-2-7-13-23)24-14-8-3-9-15-24/h1-18,28H,19H2. The van der Waals surface area contributed by atoms with Crippen molar-refractivity contribution in [1.82, 2.24) is 0 Å². The van der Waals surface area contributed by atoms with Crippen LogP contribution in [0.4, 0.5) is 0 Å². The molecule has 0 amide bonds. The van der Waals surface area contributed by atoms with Crippen molar-refractivity contribution >= 4 is 52.6 Å². The van der Waals surface area contributed by atoms with Crippen LogP contribution >= 0.6 is 36.7 Å². The predicted octanol–water partition coefficient (Wildman–Crippen LogP) is 6.49. The third-order valence-corrected chi connectivity index (χ3v) is 15.4. The molecule has 0 heterocycles. The van der Waals surface area contributed by atoms with E-state index in [9.17, 15) is 5.11 Å². The summed E-state index contributed by atoms with van der Waals surface area (Å²) < 4.78 is 0.868. The minimum absolute atomic E-state index is 0.301. The Morgan fingerprint density at radius 1 is 0.621 bits per heavy atom. The number of halogens is 2. The molecule has 1 nitrogen and oxygen atoms in total. The number of benzene rings is 4. The molecule has 0 aliphatic rings. The molecule has 0 radical (unpaired) electrons. The van der Waals surface area contributed by atoms with Gasteiger partial charge in [-0.2, -0.15) is 0 Å². The van der Waals surface area contributed by atoms with Crippen LogP contribution in [-0.2, 0) is 6.16 Å². The summed E-state index contributed by atoms with van der Waals surface area (Å²) in [7, 11) is 0.